The van der Waals surface area contributed by atoms with Crippen molar-refractivity contribution in [3.63, 3.8) is 0 Å². The molecule has 0 fully saturated rings. The second-order valence-corrected chi connectivity index (χ2v) is 2.04. The Bertz CT molecular complexity index is 338. The zero-order valence-electron chi connectivity index (χ0n) is 8.34. The fourth-order valence-electron chi connectivity index (χ4n) is 0.787. The van der Waals surface area contributed by atoms with Gasteiger partial charge in [-0.05, 0) is 6.07 Å². The Morgan fingerprint density at radius 1 is 1.50 bits per heavy atom. The molecule has 1 aromatic carbocycles. The Kier molecular flexibility index (Phi) is 5.77. The number of para-hydroxylation sites is 2. The van der Waals surface area contributed by atoms with Crippen LogP contribution >= 0.6 is 0 Å². The SMILES string of the molecule is O=NONc1ccccc1[N+](=O)[O-].[H-].[Na+]. The first-order valence-electron chi connectivity index (χ1n) is 3.24. The van der Waals surface area contributed by atoms with E-state index in [4.69, 9.17) is 0 Å². The number of anilines is 1. The van der Waals surface area contributed by atoms with Crippen LogP contribution in [0.25, 0.3) is 0 Å². The van der Waals surface area contributed by atoms with Gasteiger partial charge in [-0.3, -0.25) is 10.1 Å². The van der Waals surface area contributed by atoms with Gasteiger partial charge in [-0.15, -0.1) is 4.91 Å². The van der Waals surface area contributed by atoms with Crippen molar-refractivity contribution in [3.05, 3.63) is 39.3 Å². The molecule has 1 aromatic rings. The van der Waals surface area contributed by atoms with Gasteiger partial charge in [0.15, 0.2) is 11.0 Å². The number of hydrogen-bond acceptors (Lipinski definition) is 6. The number of benzene rings is 1. The van der Waals surface area contributed by atoms with Gasteiger partial charge in [0.25, 0.3) is 5.69 Å². The van der Waals surface area contributed by atoms with Crippen LogP contribution in [0.15, 0.2) is 29.6 Å². The fraction of sp³-hybridized carbons (Fsp3) is 0. The molecule has 0 aromatic heterocycles. The predicted molar refractivity (Wildman–Crippen MR) is 44.7 cm³/mol. The van der Waals surface area contributed by atoms with Crippen molar-refractivity contribution in [1.82, 2.24) is 0 Å². The molecule has 14 heavy (non-hydrogen) atoms. The maximum absolute atomic E-state index is 10.4. The van der Waals surface area contributed by atoms with Crippen LogP contribution in [-0.2, 0) is 4.94 Å². The molecule has 0 saturated carbocycles. The summed E-state index contributed by atoms with van der Waals surface area (Å²) in [5, 5.41) is 12.4. The molecule has 70 valence electrons. The van der Waals surface area contributed by atoms with Gasteiger partial charge in [0.05, 0.1) is 4.92 Å². The third-order valence-electron chi connectivity index (χ3n) is 1.29. The van der Waals surface area contributed by atoms with Gasteiger partial charge in [0.1, 0.15) is 0 Å². The molecule has 0 saturated heterocycles. The first-order chi connectivity index (χ1) is 6.25. The van der Waals surface area contributed by atoms with Crippen molar-refractivity contribution < 1.29 is 40.8 Å². The second-order valence-electron chi connectivity index (χ2n) is 2.04. The van der Waals surface area contributed by atoms with Gasteiger partial charge in [0.2, 0.25) is 0 Å². The Balaban J connectivity index is 0. The molecule has 0 aliphatic carbocycles. The first kappa shape index (κ1) is 12.8. The molecule has 0 unspecified atom stereocenters. The Morgan fingerprint density at radius 3 is 2.71 bits per heavy atom. The van der Waals surface area contributed by atoms with Gasteiger partial charge >= 0.3 is 29.6 Å². The molecule has 0 atom stereocenters. The molecule has 0 amide bonds. The molecule has 0 aliphatic rings. The fourth-order valence-corrected chi connectivity index (χ4v) is 0.787. The predicted octanol–water partition coefficient (Wildman–Crippen LogP) is -1.26. The maximum Gasteiger partial charge on any atom is 1.00 e. The zero-order valence-corrected chi connectivity index (χ0v) is 9.34. The van der Waals surface area contributed by atoms with Crippen LogP contribution in [-0.4, -0.2) is 4.92 Å². The van der Waals surface area contributed by atoms with Gasteiger partial charge in [-0.25, -0.2) is 4.94 Å². The summed E-state index contributed by atoms with van der Waals surface area (Å²) in [5.41, 5.74) is 1.91. The third-order valence-corrected chi connectivity index (χ3v) is 1.29. The van der Waals surface area contributed by atoms with E-state index in [1.54, 1.807) is 6.07 Å². The molecule has 8 heteroatoms. The monoisotopic (exact) mass is 207 g/mol. The standard InChI is InChI=1S/C6H5N3O4.Na.H/c10-8-13-7-5-3-1-2-4-6(5)9(11)12;;/h1-4,7H;;/q;+1;-1. The minimum atomic E-state index is -0.601. The minimum Gasteiger partial charge on any atom is -1.00 e. The summed E-state index contributed by atoms with van der Waals surface area (Å²) >= 11 is 0. The van der Waals surface area contributed by atoms with Gasteiger partial charge in [0, 0.05) is 6.07 Å². The van der Waals surface area contributed by atoms with Crippen molar-refractivity contribution in [1.29, 1.82) is 0 Å². The number of nitrogens with zero attached hydrogens (tertiary/aromatic N) is 2. The van der Waals surface area contributed by atoms with Crippen LogP contribution in [0, 0.1) is 15.0 Å². The van der Waals surface area contributed by atoms with E-state index in [1.165, 1.54) is 18.2 Å². The molecule has 0 spiro atoms. The molecular formula is C6H6N3NaO4. The average Bonchev–Trinajstić information content (AvgIpc) is 2.15. The molecular weight excluding hydrogens is 201 g/mol. The van der Waals surface area contributed by atoms with Crippen LogP contribution in [0.1, 0.15) is 1.43 Å². The topological polar surface area (TPSA) is 93.8 Å². The van der Waals surface area contributed by atoms with Gasteiger partial charge in [-0.2, -0.15) is 5.48 Å². The summed E-state index contributed by atoms with van der Waals surface area (Å²) in [7, 11) is 0. The summed E-state index contributed by atoms with van der Waals surface area (Å²) in [5.74, 6) is 0. The molecule has 0 aliphatic heterocycles. The number of hydrogen-bond donors (Lipinski definition) is 1. The Morgan fingerprint density at radius 2 is 2.14 bits per heavy atom. The van der Waals surface area contributed by atoms with Crippen LogP contribution < -0.4 is 35.0 Å². The largest absolute Gasteiger partial charge is 1.00 e. The maximum atomic E-state index is 10.4. The number of nitrogens with one attached hydrogen (secondary N) is 1. The molecule has 1 rings (SSSR count). The summed E-state index contributed by atoms with van der Waals surface area (Å²) in [4.78, 5) is 23.3. The third kappa shape index (κ3) is 3.29. The van der Waals surface area contributed by atoms with Crippen LogP contribution in [0.5, 0.6) is 0 Å². The van der Waals surface area contributed by atoms with Crippen molar-refractivity contribution in [2.75, 3.05) is 5.48 Å². The molecule has 1 N–H and O–H groups in total. The summed E-state index contributed by atoms with van der Waals surface area (Å²) in [6.07, 6.45) is 0. The zero-order chi connectivity index (χ0) is 9.68. The first-order valence-corrected chi connectivity index (χ1v) is 3.24. The van der Waals surface area contributed by atoms with Crippen molar-refractivity contribution in [3.8, 4) is 0 Å². The second kappa shape index (κ2) is 6.30. The van der Waals surface area contributed by atoms with E-state index in [0.717, 1.165) is 0 Å². The van der Waals surface area contributed by atoms with E-state index in [-0.39, 0.29) is 42.4 Å². The summed E-state index contributed by atoms with van der Waals surface area (Å²) in [6.45, 7) is 0. The van der Waals surface area contributed by atoms with Crippen LogP contribution in [0.3, 0.4) is 0 Å². The molecule has 0 bridgehead atoms. The van der Waals surface area contributed by atoms with Crippen LogP contribution in [0.4, 0.5) is 11.4 Å². The normalized spacial score (nSPS) is 8.29. The van der Waals surface area contributed by atoms with E-state index in [1.807, 2.05) is 10.8 Å². The minimum absolute atomic E-state index is 0. The smallest absolute Gasteiger partial charge is 1.00 e. The van der Waals surface area contributed by atoms with Crippen LogP contribution in [0.2, 0.25) is 0 Å². The van der Waals surface area contributed by atoms with E-state index in [0.29, 0.717) is 0 Å². The van der Waals surface area contributed by atoms with Gasteiger partial charge in [-0.1, -0.05) is 12.1 Å². The molecule has 7 nitrogen and oxygen atoms in total. The van der Waals surface area contributed by atoms with Crippen molar-refractivity contribution in [2.45, 2.75) is 0 Å². The number of rotatable bonds is 4. The Labute approximate surface area is 102 Å². The van der Waals surface area contributed by atoms with E-state index in [9.17, 15) is 15.0 Å². The van der Waals surface area contributed by atoms with Gasteiger partial charge < -0.3 is 1.43 Å². The van der Waals surface area contributed by atoms with Crippen molar-refractivity contribution in [2.24, 2.45) is 5.34 Å². The number of nitro groups is 1. The quantitative estimate of drug-likeness (QED) is 0.287. The summed E-state index contributed by atoms with van der Waals surface area (Å²) in [6, 6.07) is 5.72. The van der Waals surface area contributed by atoms with E-state index >= 15 is 0 Å². The average molecular weight is 207 g/mol. The Hall–Kier alpha value is -1.18. The summed E-state index contributed by atoms with van der Waals surface area (Å²) < 4.78 is 0. The number of nitro benzene ring substituents is 1. The van der Waals surface area contributed by atoms with Crippen molar-refractivity contribution >= 4 is 11.4 Å². The molecule has 0 heterocycles. The molecule has 0 radical (unpaired) electrons. The van der Waals surface area contributed by atoms with E-state index < -0.39 is 4.92 Å². The van der Waals surface area contributed by atoms with E-state index in [2.05, 4.69) is 4.94 Å².